The second-order valence-corrected chi connectivity index (χ2v) is 5.36. The Bertz CT molecular complexity index is 582. The molecule has 0 aliphatic rings. The fourth-order valence-corrected chi connectivity index (χ4v) is 2.43. The van der Waals surface area contributed by atoms with E-state index >= 15 is 0 Å². The van der Waals surface area contributed by atoms with E-state index in [1.807, 2.05) is 0 Å². The van der Waals surface area contributed by atoms with Gasteiger partial charge in [-0.25, -0.2) is 22.3 Å². The Labute approximate surface area is 114 Å². The Balaban J connectivity index is 2.85. The SMILES string of the molecule is COc1c(N)cc(S(=O)(=O)NCCOC(N)=O)cc1F. The number of halogens is 1. The van der Waals surface area contributed by atoms with Crippen LogP contribution in [0.3, 0.4) is 0 Å². The molecule has 0 unspecified atom stereocenters. The summed E-state index contributed by atoms with van der Waals surface area (Å²) in [6.07, 6.45) is -1.02. The van der Waals surface area contributed by atoms with Crippen molar-refractivity contribution in [3.63, 3.8) is 0 Å². The number of primary amides is 1. The highest BCUT2D eigenvalue weighted by Gasteiger charge is 2.18. The van der Waals surface area contributed by atoms with Crippen LogP contribution < -0.4 is 20.9 Å². The zero-order valence-corrected chi connectivity index (χ0v) is 11.4. The lowest BCUT2D eigenvalue weighted by Gasteiger charge is -2.10. The van der Waals surface area contributed by atoms with E-state index in [1.165, 1.54) is 7.11 Å². The second-order valence-electron chi connectivity index (χ2n) is 3.59. The van der Waals surface area contributed by atoms with Gasteiger partial charge in [-0.2, -0.15) is 0 Å². The molecule has 20 heavy (non-hydrogen) atoms. The first-order valence-electron chi connectivity index (χ1n) is 5.33. The molecule has 0 spiro atoms. The number of anilines is 1. The quantitative estimate of drug-likeness (QED) is 0.492. The van der Waals surface area contributed by atoms with Crippen LogP contribution >= 0.6 is 0 Å². The van der Waals surface area contributed by atoms with Crippen molar-refractivity contribution in [1.82, 2.24) is 4.72 Å². The topological polar surface area (TPSA) is 134 Å². The summed E-state index contributed by atoms with van der Waals surface area (Å²) in [6, 6.07) is 1.83. The number of sulfonamides is 1. The van der Waals surface area contributed by atoms with Gasteiger partial charge in [0.05, 0.1) is 17.7 Å². The number of hydrogen-bond acceptors (Lipinski definition) is 6. The fourth-order valence-electron chi connectivity index (χ4n) is 1.37. The molecule has 10 heteroatoms. The largest absolute Gasteiger partial charge is 0.492 e. The van der Waals surface area contributed by atoms with Gasteiger partial charge in [0.25, 0.3) is 0 Å². The third-order valence-electron chi connectivity index (χ3n) is 2.20. The molecular weight excluding hydrogens is 293 g/mol. The monoisotopic (exact) mass is 307 g/mol. The van der Waals surface area contributed by atoms with Crippen molar-refractivity contribution >= 4 is 21.8 Å². The Morgan fingerprint density at radius 3 is 2.60 bits per heavy atom. The lowest BCUT2D eigenvalue weighted by Crippen LogP contribution is -2.29. The van der Waals surface area contributed by atoms with Gasteiger partial charge in [0, 0.05) is 6.54 Å². The molecule has 0 aliphatic carbocycles. The standard InChI is InChI=1S/C10H14FN3O5S/c1-18-9-7(11)4-6(5-8(9)12)20(16,17)14-2-3-19-10(13)15/h4-5,14H,2-3,12H2,1H3,(H2,13,15). The number of rotatable bonds is 6. The summed E-state index contributed by atoms with van der Waals surface area (Å²) >= 11 is 0. The number of nitrogens with one attached hydrogen (secondary N) is 1. The first kappa shape index (κ1) is 16.0. The predicted octanol–water partition coefficient (Wildman–Crippen LogP) is -0.210. The van der Waals surface area contributed by atoms with E-state index in [1.54, 1.807) is 0 Å². The van der Waals surface area contributed by atoms with E-state index in [4.69, 9.17) is 11.5 Å². The van der Waals surface area contributed by atoms with Crippen LogP contribution in [-0.2, 0) is 14.8 Å². The van der Waals surface area contributed by atoms with Gasteiger partial charge in [-0.05, 0) is 12.1 Å². The van der Waals surface area contributed by atoms with Crippen LogP contribution in [0.1, 0.15) is 0 Å². The maximum Gasteiger partial charge on any atom is 0.404 e. The van der Waals surface area contributed by atoms with Gasteiger partial charge < -0.3 is 20.9 Å². The summed E-state index contributed by atoms with van der Waals surface area (Å²) in [5.74, 6) is -1.14. The maximum absolute atomic E-state index is 13.6. The third-order valence-corrected chi connectivity index (χ3v) is 3.64. The Morgan fingerprint density at radius 2 is 2.10 bits per heavy atom. The van der Waals surface area contributed by atoms with Crippen LogP contribution in [-0.4, -0.2) is 34.8 Å². The van der Waals surface area contributed by atoms with Crippen molar-refractivity contribution in [2.45, 2.75) is 4.90 Å². The van der Waals surface area contributed by atoms with Crippen LogP contribution in [0.25, 0.3) is 0 Å². The van der Waals surface area contributed by atoms with Gasteiger partial charge in [0.15, 0.2) is 11.6 Å². The highest BCUT2D eigenvalue weighted by Crippen LogP contribution is 2.28. The number of carbonyl (C=O) groups excluding carboxylic acids is 1. The minimum absolute atomic E-state index is 0.152. The number of nitrogen functional groups attached to an aromatic ring is 1. The summed E-state index contributed by atoms with van der Waals surface area (Å²) in [7, 11) is -2.78. The molecule has 0 atom stereocenters. The lowest BCUT2D eigenvalue weighted by atomic mass is 10.3. The molecular formula is C10H14FN3O5S. The van der Waals surface area contributed by atoms with Crippen LogP contribution in [0, 0.1) is 5.82 Å². The summed E-state index contributed by atoms with van der Waals surface area (Å²) < 4.78 is 48.4. The number of hydrogen-bond donors (Lipinski definition) is 3. The molecule has 1 amide bonds. The molecule has 0 radical (unpaired) electrons. The first-order chi connectivity index (χ1) is 9.27. The number of methoxy groups -OCH3 is 1. The van der Waals surface area contributed by atoms with Gasteiger partial charge in [-0.15, -0.1) is 0 Å². The normalized spacial score (nSPS) is 11.1. The van der Waals surface area contributed by atoms with Crippen LogP contribution in [0.5, 0.6) is 5.75 Å². The summed E-state index contributed by atoms with van der Waals surface area (Å²) in [4.78, 5) is 9.93. The summed E-state index contributed by atoms with van der Waals surface area (Å²) in [5, 5.41) is 0. The molecule has 0 saturated heterocycles. The number of ether oxygens (including phenoxy) is 2. The second kappa shape index (κ2) is 6.39. The Hall–Kier alpha value is -2.07. The minimum Gasteiger partial charge on any atom is -0.492 e. The van der Waals surface area contributed by atoms with E-state index in [0.29, 0.717) is 0 Å². The molecule has 0 aliphatic heterocycles. The third kappa shape index (κ3) is 3.96. The minimum atomic E-state index is -3.99. The van der Waals surface area contributed by atoms with Crippen LogP contribution in [0.2, 0.25) is 0 Å². The van der Waals surface area contributed by atoms with Crippen LogP contribution in [0.4, 0.5) is 14.9 Å². The summed E-state index contributed by atoms with van der Waals surface area (Å²) in [5.41, 5.74) is 10.0. The molecule has 0 saturated carbocycles. The molecule has 0 bridgehead atoms. The molecule has 0 aromatic heterocycles. The van der Waals surface area contributed by atoms with Crippen LogP contribution in [0.15, 0.2) is 17.0 Å². The van der Waals surface area contributed by atoms with Gasteiger partial charge in [0.1, 0.15) is 6.61 Å². The summed E-state index contributed by atoms with van der Waals surface area (Å²) in [6.45, 7) is -0.457. The van der Waals surface area contributed by atoms with E-state index < -0.39 is 21.9 Å². The average Bonchev–Trinajstić information content (AvgIpc) is 2.34. The molecule has 1 aromatic carbocycles. The number of benzene rings is 1. The molecule has 8 nitrogen and oxygen atoms in total. The number of amides is 1. The molecule has 0 fully saturated rings. The average molecular weight is 307 g/mol. The number of carbonyl (C=O) groups is 1. The van der Waals surface area contributed by atoms with Crippen molar-refractivity contribution in [3.8, 4) is 5.75 Å². The predicted molar refractivity (Wildman–Crippen MR) is 68.1 cm³/mol. The van der Waals surface area contributed by atoms with Crippen molar-refractivity contribution < 1.29 is 27.1 Å². The molecule has 112 valence electrons. The van der Waals surface area contributed by atoms with Gasteiger partial charge in [-0.3, -0.25) is 0 Å². The molecule has 1 rings (SSSR count). The van der Waals surface area contributed by atoms with Crippen molar-refractivity contribution in [3.05, 3.63) is 17.9 Å². The first-order valence-corrected chi connectivity index (χ1v) is 6.81. The van der Waals surface area contributed by atoms with Crippen molar-refractivity contribution in [1.29, 1.82) is 0 Å². The zero-order valence-electron chi connectivity index (χ0n) is 10.6. The smallest absolute Gasteiger partial charge is 0.404 e. The van der Waals surface area contributed by atoms with Crippen molar-refractivity contribution in [2.75, 3.05) is 26.0 Å². The molecule has 0 heterocycles. The Kier molecular flexibility index (Phi) is 5.11. The van der Waals surface area contributed by atoms with Gasteiger partial charge in [0.2, 0.25) is 10.0 Å². The van der Waals surface area contributed by atoms with Gasteiger partial charge in [-0.1, -0.05) is 0 Å². The highest BCUT2D eigenvalue weighted by molar-refractivity contribution is 7.89. The van der Waals surface area contributed by atoms with Gasteiger partial charge >= 0.3 is 6.09 Å². The molecule has 5 N–H and O–H groups in total. The highest BCUT2D eigenvalue weighted by atomic mass is 32.2. The van der Waals surface area contributed by atoms with E-state index in [9.17, 15) is 17.6 Å². The van der Waals surface area contributed by atoms with E-state index in [0.717, 1.165) is 12.1 Å². The Morgan fingerprint density at radius 1 is 1.45 bits per heavy atom. The van der Waals surface area contributed by atoms with E-state index in [2.05, 4.69) is 14.2 Å². The maximum atomic E-state index is 13.6. The lowest BCUT2D eigenvalue weighted by molar-refractivity contribution is 0.159. The number of nitrogens with two attached hydrogens (primary N) is 2. The zero-order chi connectivity index (χ0) is 15.3. The van der Waals surface area contributed by atoms with Crippen molar-refractivity contribution in [2.24, 2.45) is 5.73 Å². The molecule has 1 aromatic rings. The fraction of sp³-hybridized carbons (Fsp3) is 0.300. The van der Waals surface area contributed by atoms with E-state index in [-0.39, 0.29) is 29.5 Å².